The molecule has 1 aliphatic carbocycles. The molecule has 2 heterocycles. The molecular weight excluding hydrogens is 569 g/mol. The van der Waals surface area contributed by atoms with E-state index in [1.54, 1.807) is 18.1 Å². The van der Waals surface area contributed by atoms with Crippen molar-refractivity contribution in [2.75, 3.05) is 13.7 Å². The molecule has 2 aliphatic heterocycles. The van der Waals surface area contributed by atoms with Crippen molar-refractivity contribution in [3.63, 3.8) is 0 Å². The predicted octanol–water partition coefficient (Wildman–Crippen LogP) is 4.06. The van der Waals surface area contributed by atoms with Crippen molar-refractivity contribution < 1.29 is 42.1 Å². The molecule has 0 aromatic heterocycles. The van der Waals surface area contributed by atoms with Crippen molar-refractivity contribution in [3.05, 3.63) is 28.8 Å². The second kappa shape index (κ2) is 12.0. The summed E-state index contributed by atoms with van der Waals surface area (Å²) in [4.78, 5) is 41.3. The number of nitrogens with two attached hydrogens (primary N) is 1. The number of carbonyl (C=O) groups excluding carboxylic acids is 2. The first-order chi connectivity index (χ1) is 18.9. The van der Waals surface area contributed by atoms with Gasteiger partial charge in [0.2, 0.25) is 11.8 Å². The normalized spacial score (nSPS) is 25.0. The second-order valence-electron chi connectivity index (χ2n) is 11.7. The highest BCUT2D eigenvalue weighted by Gasteiger charge is 2.52. The first kappa shape index (κ1) is 32.5. The van der Waals surface area contributed by atoms with E-state index in [1.807, 2.05) is 39.8 Å². The third-order valence-electron chi connectivity index (χ3n) is 7.14. The molecule has 0 spiro atoms. The summed E-state index contributed by atoms with van der Waals surface area (Å²) in [5.41, 5.74) is 6.15. The minimum absolute atomic E-state index is 0.000690. The molecule has 0 saturated heterocycles. The van der Waals surface area contributed by atoms with Gasteiger partial charge in [-0.1, -0.05) is 23.7 Å². The Bertz CT molecular complexity index is 1210. The molecule has 4 atom stereocenters. The number of nitrogens with zero attached hydrogens (tertiary/aromatic N) is 2. The van der Waals surface area contributed by atoms with Crippen molar-refractivity contribution in [2.24, 2.45) is 22.6 Å². The van der Waals surface area contributed by atoms with Crippen LogP contribution in [-0.2, 0) is 19.1 Å². The molecule has 0 bridgehead atoms. The van der Waals surface area contributed by atoms with E-state index >= 15 is 0 Å². The summed E-state index contributed by atoms with van der Waals surface area (Å²) in [5.74, 6) is -2.19. The Kier molecular flexibility index (Phi) is 9.53. The Morgan fingerprint density at radius 3 is 2.51 bits per heavy atom. The molecule has 1 aromatic carbocycles. The number of carboxylic acid groups (broad SMARTS) is 1. The molecule has 4 rings (SSSR count). The van der Waals surface area contributed by atoms with Gasteiger partial charge in [-0.05, 0) is 52.5 Å². The predicted molar refractivity (Wildman–Crippen MR) is 144 cm³/mol. The van der Waals surface area contributed by atoms with Crippen molar-refractivity contribution in [1.82, 2.24) is 10.2 Å². The van der Waals surface area contributed by atoms with Crippen LogP contribution in [0.2, 0.25) is 5.02 Å². The summed E-state index contributed by atoms with van der Waals surface area (Å²) >= 11 is 6.38. The van der Waals surface area contributed by atoms with Crippen LogP contribution in [0.1, 0.15) is 65.0 Å². The molecule has 228 valence electrons. The number of benzene rings is 1. The summed E-state index contributed by atoms with van der Waals surface area (Å²) in [6.07, 6.45) is -2.88. The maximum absolute atomic E-state index is 13.3. The zero-order chi connectivity index (χ0) is 30.9. The molecule has 10 nitrogen and oxygen atoms in total. The van der Waals surface area contributed by atoms with Crippen LogP contribution in [0.3, 0.4) is 0 Å². The Labute approximate surface area is 241 Å². The van der Waals surface area contributed by atoms with Gasteiger partial charge in [-0.25, -0.2) is 9.79 Å². The number of amides is 2. The Morgan fingerprint density at radius 1 is 1.32 bits per heavy atom. The average molecular weight is 605 g/mol. The Balaban J connectivity index is 0.000000587. The van der Waals surface area contributed by atoms with E-state index in [-0.39, 0.29) is 48.1 Å². The quantitative estimate of drug-likeness (QED) is 0.426. The van der Waals surface area contributed by atoms with Gasteiger partial charge in [0.05, 0.1) is 23.0 Å². The summed E-state index contributed by atoms with van der Waals surface area (Å²) < 4.78 is 43.1. The third-order valence-corrected chi connectivity index (χ3v) is 7.44. The lowest BCUT2D eigenvalue weighted by Crippen LogP contribution is -2.55. The van der Waals surface area contributed by atoms with Crippen molar-refractivity contribution in [2.45, 2.75) is 82.8 Å². The number of fused-ring (bicyclic) bond motifs is 1. The molecular formula is C27H36ClF3N4O6. The number of hydrogen-bond donors (Lipinski definition) is 3. The van der Waals surface area contributed by atoms with Crippen LogP contribution >= 0.6 is 11.6 Å². The van der Waals surface area contributed by atoms with Gasteiger partial charge in [0.1, 0.15) is 11.4 Å². The topological polar surface area (TPSA) is 144 Å². The standard InChI is InChI=1S/C25H35ClN4O4.C2HF3O2/c1-24(2)13-20(31)30(23(27)29-24)19(9-10-33-5)15-11-16(15)22(32)28-18-12-25(3,4)34-21-14(18)7-6-8-17(21)26;3-2(4,5)1(6)7/h6-8,15-16,18-19H,9-13H2,1-5H3,(H2,27,29)(H,28,32);(H,6,7)/t15-,16-,18?,19-;/m1./s1. The molecule has 2 amide bonds. The summed E-state index contributed by atoms with van der Waals surface area (Å²) in [7, 11) is 1.63. The SMILES string of the molecule is COCC[C@H]([C@@H]1C[C@H]1C(=O)NC1CC(C)(C)Oc2c(Cl)cccc21)N1C(=O)CC(C)(C)N=C1N.O=C(O)C(F)(F)F. The number of alkyl halides is 3. The van der Waals surface area contributed by atoms with Gasteiger partial charge >= 0.3 is 12.1 Å². The minimum atomic E-state index is -5.08. The van der Waals surface area contributed by atoms with E-state index in [9.17, 15) is 22.8 Å². The van der Waals surface area contributed by atoms with Gasteiger partial charge in [-0.2, -0.15) is 13.2 Å². The fourth-order valence-corrected chi connectivity index (χ4v) is 5.51. The zero-order valence-electron chi connectivity index (χ0n) is 23.5. The van der Waals surface area contributed by atoms with E-state index < -0.39 is 23.3 Å². The van der Waals surface area contributed by atoms with Gasteiger partial charge in [-0.15, -0.1) is 0 Å². The fourth-order valence-electron chi connectivity index (χ4n) is 5.29. The number of nitrogens with one attached hydrogen (secondary N) is 1. The monoisotopic (exact) mass is 604 g/mol. The van der Waals surface area contributed by atoms with Gasteiger partial charge in [-0.3, -0.25) is 14.5 Å². The Morgan fingerprint density at radius 2 is 1.95 bits per heavy atom. The summed E-state index contributed by atoms with van der Waals surface area (Å²) in [5, 5.41) is 10.9. The average Bonchev–Trinajstić information content (AvgIpc) is 3.61. The van der Waals surface area contributed by atoms with Gasteiger partial charge < -0.3 is 25.6 Å². The number of para-hydroxylation sites is 1. The highest BCUT2D eigenvalue weighted by atomic mass is 35.5. The lowest BCUT2D eigenvalue weighted by atomic mass is 9.89. The van der Waals surface area contributed by atoms with Gasteiger partial charge in [0.15, 0.2) is 5.96 Å². The van der Waals surface area contributed by atoms with Crippen LogP contribution in [0.15, 0.2) is 23.2 Å². The first-order valence-electron chi connectivity index (χ1n) is 13.1. The fraction of sp³-hybridized carbons (Fsp3) is 0.630. The lowest BCUT2D eigenvalue weighted by Gasteiger charge is -2.39. The van der Waals surface area contributed by atoms with Crippen LogP contribution in [-0.4, -0.2) is 70.8 Å². The minimum Gasteiger partial charge on any atom is -0.486 e. The van der Waals surface area contributed by atoms with E-state index in [2.05, 4.69) is 10.3 Å². The first-order valence-corrected chi connectivity index (χ1v) is 13.5. The third kappa shape index (κ3) is 8.03. The number of methoxy groups -OCH3 is 1. The number of halogens is 4. The van der Waals surface area contributed by atoms with Crippen molar-refractivity contribution in [3.8, 4) is 5.75 Å². The van der Waals surface area contributed by atoms with Gasteiger partial charge in [0.25, 0.3) is 0 Å². The molecule has 3 aliphatic rings. The number of aliphatic imine (C=N–C) groups is 1. The van der Waals surface area contributed by atoms with Crippen LogP contribution in [0.5, 0.6) is 5.75 Å². The maximum Gasteiger partial charge on any atom is 0.490 e. The van der Waals surface area contributed by atoms with Crippen LogP contribution in [0.25, 0.3) is 0 Å². The largest absolute Gasteiger partial charge is 0.490 e. The van der Waals surface area contributed by atoms with Crippen molar-refractivity contribution in [1.29, 1.82) is 0 Å². The van der Waals surface area contributed by atoms with Crippen LogP contribution < -0.4 is 15.8 Å². The number of aliphatic carboxylic acids is 1. The molecule has 1 aromatic rings. The molecule has 14 heteroatoms. The zero-order valence-corrected chi connectivity index (χ0v) is 24.3. The smallest absolute Gasteiger partial charge is 0.486 e. The van der Waals surface area contributed by atoms with Crippen LogP contribution in [0, 0.1) is 11.8 Å². The number of carbonyl (C=O) groups is 3. The molecule has 1 unspecified atom stereocenters. The maximum atomic E-state index is 13.3. The number of hydrogen-bond acceptors (Lipinski definition) is 7. The second-order valence-corrected chi connectivity index (χ2v) is 12.1. The summed E-state index contributed by atoms with van der Waals surface area (Å²) in [6, 6.07) is 5.18. The van der Waals surface area contributed by atoms with Crippen molar-refractivity contribution >= 4 is 35.3 Å². The van der Waals surface area contributed by atoms with Crippen LogP contribution in [0.4, 0.5) is 13.2 Å². The molecule has 4 N–H and O–H groups in total. The van der Waals surface area contributed by atoms with E-state index in [0.29, 0.717) is 36.6 Å². The molecule has 0 radical (unpaired) electrons. The Hall–Kier alpha value is -3.06. The summed E-state index contributed by atoms with van der Waals surface area (Å²) in [6.45, 7) is 8.24. The molecule has 1 fully saturated rings. The number of guanidine groups is 1. The molecule has 1 saturated carbocycles. The number of ether oxygens (including phenoxy) is 2. The van der Waals surface area contributed by atoms with E-state index in [1.165, 1.54) is 0 Å². The highest BCUT2D eigenvalue weighted by molar-refractivity contribution is 6.32. The van der Waals surface area contributed by atoms with E-state index in [0.717, 1.165) is 5.56 Å². The highest BCUT2D eigenvalue weighted by Crippen LogP contribution is 2.47. The molecule has 41 heavy (non-hydrogen) atoms. The van der Waals surface area contributed by atoms with E-state index in [4.69, 9.17) is 36.7 Å². The number of carboxylic acids is 1. The van der Waals surface area contributed by atoms with Gasteiger partial charge in [0, 0.05) is 37.7 Å². The number of rotatable bonds is 7. The lowest BCUT2D eigenvalue weighted by molar-refractivity contribution is -0.192.